The van der Waals surface area contributed by atoms with Crippen molar-refractivity contribution in [2.24, 2.45) is 5.92 Å². The molecule has 0 radical (unpaired) electrons. The summed E-state index contributed by atoms with van der Waals surface area (Å²) in [6, 6.07) is 0.0162. The third-order valence-corrected chi connectivity index (χ3v) is 1.64. The molecule has 0 unspecified atom stereocenters. The Morgan fingerprint density at radius 1 is 1.42 bits per heavy atom. The lowest BCUT2D eigenvalue weighted by atomic mass is 10.1. The number of ether oxygens (including phenoxy) is 2. The van der Waals surface area contributed by atoms with Crippen molar-refractivity contribution < 1.29 is 14.3 Å². The van der Waals surface area contributed by atoms with Gasteiger partial charge in [0.05, 0.1) is 19.8 Å². The Kier molecular flexibility index (Phi) is 5.45. The number of carbonyl (C=O) groups is 1. The van der Waals surface area contributed by atoms with Crippen LogP contribution in [0.3, 0.4) is 0 Å². The van der Waals surface area contributed by atoms with Gasteiger partial charge >= 0.3 is 6.09 Å². The van der Waals surface area contributed by atoms with E-state index in [0.29, 0.717) is 12.5 Å². The van der Waals surface area contributed by atoms with Crippen molar-refractivity contribution in [2.45, 2.75) is 19.9 Å². The molecule has 0 aromatic rings. The highest BCUT2D eigenvalue weighted by Crippen LogP contribution is 2.01. The second-order valence-electron chi connectivity index (χ2n) is 2.94. The summed E-state index contributed by atoms with van der Waals surface area (Å²) in [6.45, 7) is 4.53. The van der Waals surface area contributed by atoms with E-state index in [2.05, 4.69) is 10.1 Å². The van der Waals surface area contributed by atoms with Crippen LogP contribution in [-0.2, 0) is 9.47 Å². The Balaban J connectivity index is 3.86. The van der Waals surface area contributed by atoms with Crippen LogP contribution in [0.2, 0.25) is 0 Å². The van der Waals surface area contributed by atoms with Gasteiger partial charge < -0.3 is 14.8 Å². The normalized spacial score (nSPS) is 12.8. The molecule has 0 spiro atoms. The lowest BCUT2D eigenvalue weighted by molar-refractivity contribution is 0.127. The number of hydrogen-bond acceptors (Lipinski definition) is 3. The van der Waals surface area contributed by atoms with Gasteiger partial charge in [-0.3, -0.25) is 0 Å². The molecule has 0 aliphatic carbocycles. The molecule has 72 valence electrons. The van der Waals surface area contributed by atoms with E-state index >= 15 is 0 Å². The van der Waals surface area contributed by atoms with Crippen LogP contribution in [-0.4, -0.2) is 33.0 Å². The Hall–Kier alpha value is -0.770. The molecule has 4 nitrogen and oxygen atoms in total. The first kappa shape index (κ1) is 11.2. The van der Waals surface area contributed by atoms with Gasteiger partial charge in [0.1, 0.15) is 0 Å². The first-order valence-corrected chi connectivity index (χ1v) is 3.95. The van der Waals surface area contributed by atoms with Crippen LogP contribution in [0, 0.1) is 5.92 Å². The topological polar surface area (TPSA) is 47.6 Å². The Labute approximate surface area is 73.2 Å². The van der Waals surface area contributed by atoms with E-state index in [-0.39, 0.29) is 6.04 Å². The molecule has 0 aromatic heterocycles. The highest BCUT2D eigenvalue weighted by molar-refractivity contribution is 5.67. The van der Waals surface area contributed by atoms with Crippen molar-refractivity contribution in [1.82, 2.24) is 5.32 Å². The van der Waals surface area contributed by atoms with E-state index in [0.717, 1.165) is 0 Å². The molecule has 0 fully saturated rings. The van der Waals surface area contributed by atoms with Crippen molar-refractivity contribution >= 4 is 6.09 Å². The number of alkyl carbamates (subject to hydrolysis) is 1. The minimum absolute atomic E-state index is 0.0162. The van der Waals surface area contributed by atoms with E-state index in [1.807, 2.05) is 13.8 Å². The molecule has 12 heavy (non-hydrogen) atoms. The standard InChI is InChI=1S/C8H17NO3/c1-6(2)7(5-11-3)9-8(10)12-4/h6-7H,5H2,1-4H3,(H,9,10)/t7-/m1/s1. The predicted molar refractivity (Wildman–Crippen MR) is 46.0 cm³/mol. The average molecular weight is 175 g/mol. The molecule has 0 aliphatic heterocycles. The average Bonchev–Trinajstić information content (AvgIpc) is 2.03. The van der Waals surface area contributed by atoms with Crippen LogP contribution in [0.5, 0.6) is 0 Å². The van der Waals surface area contributed by atoms with E-state index in [4.69, 9.17) is 4.74 Å². The number of methoxy groups -OCH3 is 2. The zero-order valence-corrected chi connectivity index (χ0v) is 8.09. The Morgan fingerprint density at radius 3 is 2.33 bits per heavy atom. The van der Waals surface area contributed by atoms with Crippen LogP contribution in [0.15, 0.2) is 0 Å². The van der Waals surface area contributed by atoms with Gasteiger partial charge in [-0.15, -0.1) is 0 Å². The fraction of sp³-hybridized carbons (Fsp3) is 0.875. The van der Waals surface area contributed by atoms with E-state index in [1.165, 1.54) is 7.11 Å². The van der Waals surface area contributed by atoms with Gasteiger partial charge in [0, 0.05) is 7.11 Å². The first-order valence-electron chi connectivity index (χ1n) is 3.95. The Bertz CT molecular complexity index is 136. The zero-order valence-electron chi connectivity index (χ0n) is 8.09. The van der Waals surface area contributed by atoms with Gasteiger partial charge in [0.15, 0.2) is 0 Å². The first-order chi connectivity index (χ1) is 5.61. The second kappa shape index (κ2) is 5.83. The number of hydrogen-bond donors (Lipinski definition) is 1. The van der Waals surface area contributed by atoms with Gasteiger partial charge in [-0.1, -0.05) is 13.8 Å². The summed E-state index contributed by atoms with van der Waals surface area (Å²) in [6.07, 6.45) is -0.411. The maximum Gasteiger partial charge on any atom is 0.407 e. The summed E-state index contributed by atoms with van der Waals surface area (Å²) in [5, 5.41) is 2.68. The molecule has 0 saturated carbocycles. The maximum atomic E-state index is 10.8. The van der Waals surface area contributed by atoms with Gasteiger partial charge in [-0.25, -0.2) is 4.79 Å². The molecular weight excluding hydrogens is 158 g/mol. The molecule has 1 amide bonds. The van der Waals surface area contributed by atoms with Crippen molar-refractivity contribution in [3.05, 3.63) is 0 Å². The number of nitrogens with one attached hydrogen (secondary N) is 1. The summed E-state index contributed by atoms with van der Waals surface area (Å²) < 4.78 is 9.41. The van der Waals surface area contributed by atoms with Crippen LogP contribution in [0.1, 0.15) is 13.8 Å². The summed E-state index contributed by atoms with van der Waals surface area (Å²) in [5.74, 6) is 0.337. The molecule has 4 heteroatoms. The minimum Gasteiger partial charge on any atom is -0.453 e. The Morgan fingerprint density at radius 2 is 2.00 bits per heavy atom. The molecule has 1 atom stereocenters. The summed E-state index contributed by atoms with van der Waals surface area (Å²) in [4.78, 5) is 10.8. The van der Waals surface area contributed by atoms with Crippen molar-refractivity contribution in [2.75, 3.05) is 20.8 Å². The van der Waals surface area contributed by atoms with Gasteiger partial charge in [0.25, 0.3) is 0 Å². The third-order valence-electron chi connectivity index (χ3n) is 1.64. The molecule has 0 bridgehead atoms. The van der Waals surface area contributed by atoms with Crippen molar-refractivity contribution in [1.29, 1.82) is 0 Å². The molecular formula is C8H17NO3. The second-order valence-corrected chi connectivity index (χ2v) is 2.94. The molecule has 0 rings (SSSR count). The van der Waals surface area contributed by atoms with Gasteiger partial charge in [0.2, 0.25) is 0 Å². The van der Waals surface area contributed by atoms with E-state index in [9.17, 15) is 4.79 Å². The number of rotatable bonds is 4. The van der Waals surface area contributed by atoms with Crippen LogP contribution >= 0.6 is 0 Å². The molecule has 1 N–H and O–H groups in total. The highest BCUT2D eigenvalue weighted by Gasteiger charge is 2.15. The highest BCUT2D eigenvalue weighted by atomic mass is 16.5. The molecule has 0 saturated heterocycles. The summed E-state index contributed by atoms with van der Waals surface area (Å²) >= 11 is 0. The molecule has 0 aliphatic rings. The number of carbonyl (C=O) groups excluding carboxylic acids is 1. The maximum absolute atomic E-state index is 10.8. The van der Waals surface area contributed by atoms with Gasteiger partial charge in [-0.05, 0) is 5.92 Å². The van der Waals surface area contributed by atoms with Crippen LogP contribution in [0.4, 0.5) is 4.79 Å². The van der Waals surface area contributed by atoms with Crippen molar-refractivity contribution in [3.8, 4) is 0 Å². The zero-order chi connectivity index (χ0) is 9.56. The molecule has 0 heterocycles. The lowest BCUT2D eigenvalue weighted by Gasteiger charge is -2.20. The minimum atomic E-state index is -0.411. The third kappa shape index (κ3) is 4.18. The van der Waals surface area contributed by atoms with E-state index in [1.54, 1.807) is 7.11 Å². The lowest BCUT2D eigenvalue weighted by Crippen LogP contribution is -2.41. The number of amides is 1. The fourth-order valence-corrected chi connectivity index (χ4v) is 0.791. The quantitative estimate of drug-likeness (QED) is 0.693. The summed E-state index contributed by atoms with van der Waals surface area (Å²) in [7, 11) is 2.95. The largest absolute Gasteiger partial charge is 0.453 e. The van der Waals surface area contributed by atoms with Crippen molar-refractivity contribution in [3.63, 3.8) is 0 Å². The smallest absolute Gasteiger partial charge is 0.407 e. The predicted octanol–water partition coefficient (Wildman–Crippen LogP) is 1.01. The van der Waals surface area contributed by atoms with E-state index < -0.39 is 6.09 Å². The van der Waals surface area contributed by atoms with Gasteiger partial charge in [-0.2, -0.15) is 0 Å². The monoisotopic (exact) mass is 175 g/mol. The van der Waals surface area contributed by atoms with Crippen LogP contribution < -0.4 is 5.32 Å². The molecule has 0 aromatic carbocycles. The van der Waals surface area contributed by atoms with Crippen LogP contribution in [0.25, 0.3) is 0 Å². The summed E-state index contributed by atoms with van der Waals surface area (Å²) in [5.41, 5.74) is 0. The SMILES string of the molecule is COC[C@@H](NC(=O)OC)C(C)C. The fourth-order valence-electron chi connectivity index (χ4n) is 0.791.